The molecule has 2 aromatic carbocycles. The van der Waals surface area contributed by atoms with E-state index < -0.39 is 11.9 Å². The fourth-order valence-electron chi connectivity index (χ4n) is 2.45. The van der Waals surface area contributed by atoms with Crippen LogP contribution in [-0.4, -0.2) is 32.1 Å². The molecule has 0 aliphatic rings. The summed E-state index contributed by atoms with van der Waals surface area (Å²) in [5, 5.41) is 17.5. The van der Waals surface area contributed by atoms with Crippen molar-refractivity contribution in [3.8, 4) is 0 Å². The van der Waals surface area contributed by atoms with Gasteiger partial charge < -0.3 is 15.9 Å². The van der Waals surface area contributed by atoms with Crippen LogP contribution in [0.15, 0.2) is 87.7 Å². The smallest absolute Gasteiger partial charge is 0.356 e. The van der Waals surface area contributed by atoms with Gasteiger partial charge in [0.1, 0.15) is 0 Å². The molecule has 0 saturated carbocycles. The average Bonchev–Trinajstić information content (AvgIpc) is 2.84. The maximum atomic E-state index is 11.0. The van der Waals surface area contributed by atoms with Crippen LogP contribution in [0.5, 0.6) is 0 Å². The monoisotopic (exact) mass is 981 g/mol. The number of thiol groups is 1. The molecule has 4 rings (SSSR count). The molecular weight excluding hydrogens is 958 g/mol. The molecule has 0 bridgehead atoms. The summed E-state index contributed by atoms with van der Waals surface area (Å²) in [5.74, 6) is -2.11. The summed E-state index contributed by atoms with van der Waals surface area (Å²) in [6, 6.07) is 23.8. The van der Waals surface area contributed by atoms with Gasteiger partial charge in [-0.15, -0.1) is 16.0 Å². The van der Waals surface area contributed by atoms with Crippen molar-refractivity contribution in [1.82, 2.24) is 9.97 Å². The van der Waals surface area contributed by atoms with Gasteiger partial charge in [-0.2, -0.15) is 60.3 Å². The largest absolute Gasteiger partial charge is 0.476 e. The van der Waals surface area contributed by atoms with E-state index in [0.29, 0.717) is 4.90 Å². The van der Waals surface area contributed by atoms with E-state index >= 15 is 0 Å². The maximum Gasteiger partial charge on any atom is 0.356 e. The van der Waals surface area contributed by atoms with Gasteiger partial charge in [0.2, 0.25) is 0 Å². The Morgan fingerprint density at radius 3 is 1.84 bits per heavy atom. The molecule has 0 radical (unpaired) electrons. The standard InChI is InChI=1S/C13H10NO2S.C7H7S.C6H6N2O2.2U/c1-9-5-2-3-6-10(9)17-11-7-4-8-14-12(11)13(15)16;1-6-4-2-3-5-7(6)8;7-4-2-1-3-8-5(4)6(9)10;;/h2,4-8H,1H3,(H,15,16);2,4-5,8H,1H3;1-3H,7H2,(H,9,10);;/q2*-1;;;. The molecule has 7 nitrogen and oxygen atoms in total. The van der Waals surface area contributed by atoms with Crippen LogP contribution < -0.4 is 5.73 Å². The number of aromatic nitrogens is 2. The van der Waals surface area contributed by atoms with E-state index in [1.807, 2.05) is 50.2 Å². The van der Waals surface area contributed by atoms with Crippen LogP contribution in [0.2, 0.25) is 0 Å². The minimum atomic E-state index is -1.10. The predicted octanol–water partition coefficient (Wildman–Crippen LogP) is 5.49. The van der Waals surface area contributed by atoms with Crippen molar-refractivity contribution in [1.29, 1.82) is 0 Å². The first-order valence-electron chi connectivity index (χ1n) is 10.1. The second kappa shape index (κ2) is 18.5. The summed E-state index contributed by atoms with van der Waals surface area (Å²) < 4.78 is 0. The Kier molecular flexibility index (Phi) is 17.7. The summed E-state index contributed by atoms with van der Waals surface area (Å²) in [6.45, 7) is 4.00. The van der Waals surface area contributed by atoms with Gasteiger partial charge in [-0.25, -0.2) is 32.2 Å². The van der Waals surface area contributed by atoms with E-state index in [1.54, 1.807) is 18.2 Å². The van der Waals surface area contributed by atoms with Crippen molar-refractivity contribution >= 4 is 42.0 Å². The van der Waals surface area contributed by atoms with Gasteiger partial charge in [0.05, 0.1) is 5.69 Å². The SMILES string of the molecule is Cc1cc[c-]cc1S.Cc1cc[c-]cc1Sc1cccnc1C(=O)O.Nc1cccnc1C(=O)O.[U].[U]. The Hall–Kier alpha value is -1.72. The molecule has 11 heteroatoms. The second-order valence-corrected chi connectivity index (χ2v) is 8.47. The number of anilines is 1. The Labute approximate surface area is 273 Å². The van der Waals surface area contributed by atoms with E-state index in [9.17, 15) is 9.59 Å². The topological polar surface area (TPSA) is 126 Å². The van der Waals surface area contributed by atoms with Crippen molar-refractivity contribution in [2.24, 2.45) is 0 Å². The number of aromatic carboxylic acids is 2. The van der Waals surface area contributed by atoms with E-state index in [0.717, 1.165) is 15.4 Å². The quantitative estimate of drug-likeness (QED) is 0.157. The number of nitrogen functional groups attached to an aromatic ring is 1. The van der Waals surface area contributed by atoms with E-state index in [1.165, 1.54) is 35.8 Å². The number of rotatable bonds is 4. The number of nitrogens with two attached hydrogens (primary N) is 1. The number of hydrogen-bond donors (Lipinski definition) is 4. The third-order valence-electron chi connectivity index (χ3n) is 4.32. The van der Waals surface area contributed by atoms with Crippen LogP contribution >= 0.6 is 24.4 Å². The summed E-state index contributed by atoms with van der Waals surface area (Å²) in [6.07, 6.45) is 2.87. The van der Waals surface area contributed by atoms with Crippen LogP contribution in [0.4, 0.5) is 5.69 Å². The van der Waals surface area contributed by atoms with Crippen molar-refractivity contribution in [3.05, 3.63) is 108 Å². The molecule has 0 aliphatic carbocycles. The number of aryl methyl sites for hydroxylation is 2. The molecule has 0 fully saturated rings. The van der Waals surface area contributed by atoms with Gasteiger partial charge in [0.15, 0.2) is 11.4 Å². The minimum Gasteiger partial charge on any atom is -0.476 e. The van der Waals surface area contributed by atoms with Gasteiger partial charge >= 0.3 is 11.9 Å². The first-order chi connectivity index (χ1) is 16.7. The molecule has 0 amide bonds. The van der Waals surface area contributed by atoms with Gasteiger partial charge in [-0.3, -0.25) is 0 Å². The molecule has 37 heavy (non-hydrogen) atoms. The second-order valence-electron chi connectivity index (χ2n) is 6.91. The van der Waals surface area contributed by atoms with E-state index in [4.69, 9.17) is 15.9 Å². The van der Waals surface area contributed by atoms with Crippen molar-refractivity contribution in [3.63, 3.8) is 0 Å². The fourth-order valence-corrected chi connectivity index (χ4v) is 3.58. The zero-order chi connectivity index (χ0) is 25.8. The Bertz CT molecular complexity index is 1290. The number of hydrogen-bond acceptors (Lipinski definition) is 7. The number of pyridine rings is 2. The number of carboxylic acids is 2. The van der Waals surface area contributed by atoms with Crippen LogP contribution in [0, 0.1) is 88.2 Å². The summed E-state index contributed by atoms with van der Waals surface area (Å²) in [5.41, 5.74) is 7.75. The number of carboxylic acid groups (broad SMARTS) is 2. The van der Waals surface area contributed by atoms with Crippen LogP contribution in [0.3, 0.4) is 0 Å². The van der Waals surface area contributed by atoms with Crippen LogP contribution in [0.25, 0.3) is 0 Å². The maximum absolute atomic E-state index is 11.0. The molecule has 0 unspecified atom stereocenters. The normalized spacial score (nSPS) is 9.16. The Morgan fingerprint density at radius 2 is 1.38 bits per heavy atom. The Morgan fingerprint density at radius 1 is 0.838 bits per heavy atom. The predicted molar refractivity (Wildman–Crippen MR) is 138 cm³/mol. The molecule has 4 N–H and O–H groups in total. The molecule has 4 aromatic rings. The average molecular weight is 982 g/mol. The van der Waals surface area contributed by atoms with Gasteiger partial charge in [0.25, 0.3) is 0 Å². The molecule has 0 atom stereocenters. The molecule has 2 heterocycles. The van der Waals surface area contributed by atoms with Crippen molar-refractivity contribution < 1.29 is 82.0 Å². The first kappa shape index (κ1) is 35.3. The first-order valence-corrected chi connectivity index (χ1v) is 11.4. The molecule has 0 aliphatic heterocycles. The molecule has 188 valence electrons. The number of carbonyl (C=O) groups is 2. The molecule has 0 saturated heterocycles. The fraction of sp³-hybridized carbons (Fsp3) is 0.0769. The number of benzene rings is 2. The zero-order valence-corrected chi connectivity index (χ0v) is 30.0. The van der Waals surface area contributed by atoms with Crippen LogP contribution in [-0.2, 0) is 0 Å². The van der Waals surface area contributed by atoms with Gasteiger partial charge in [-0.1, -0.05) is 18.7 Å². The molecular formula is C26H23N3O4S2U2-2. The summed E-state index contributed by atoms with van der Waals surface area (Å²) in [7, 11) is 0. The summed E-state index contributed by atoms with van der Waals surface area (Å²) >= 11 is 5.56. The third-order valence-corrected chi connectivity index (χ3v) is 6.01. The van der Waals surface area contributed by atoms with Crippen molar-refractivity contribution in [2.45, 2.75) is 28.5 Å². The van der Waals surface area contributed by atoms with E-state index in [-0.39, 0.29) is 79.3 Å². The van der Waals surface area contributed by atoms with Crippen molar-refractivity contribution in [2.75, 3.05) is 5.73 Å². The van der Waals surface area contributed by atoms with Crippen LogP contribution in [0.1, 0.15) is 32.1 Å². The minimum absolute atomic E-state index is 0. The van der Waals surface area contributed by atoms with Gasteiger partial charge in [0, 0.05) is 79.5 Å². The Balaban J connectivity index is 0.000000557. The third kappa shape index (κ3) is 12.1. The molecule has 2 aromatic heterocycles. The zero-order valence-electron chi connectivity index (χ0n) is 20.0. The number of nitrogens with zero attached hydrogens (tertiary/aromatic N) is 2. The van der Waals surface area contributed by atoms with Gasteiger partial charge in [-0.05, 0) is 24.3 Å². The van der Waals surface area contributed by atoms with E-state index in [2.05, 4.69) is 34.7 Å². The molecule has 0 spiro atoms. The summed E-state index contributed by atoms with van der Waals surface area (Å²) in [4.78, 5) is 31.4.